The molecule has 0 radical (unpaired) electrons. The summed E-state index contributed by atoms with van der Waals surface area (Å²) in [5.74, 6) is -0.280. The smallest absolute Gasteiger partial charge is 0.406 e. The molecule has 0 spiro atoms. The topological polar surface area (TPSA) is 57.4 Å². The van der Waals surface area contributed by atoms with Gasteiger partial charge in [0.15, 0.2) is 0 Å². The van der Waals surface area contributed by atoms with Crippen molar-refractivity contribution in [3.63, 3.8) is 0 Å². The number of amides is 1. The lowest BCUT2D eigenvalue weighted by Gasteiger charge is -2.29. The van der Waals surface area contributed by atoms with Crippen LogP contribution in [-0.2, 0) is 17.8 Å². The first-order valence-electron chi connectivity index (χ1n) is 11.0. The second kappa shape index (κ2) is 10.1. The Labute approximate surface area is 190 Å². The van der Waals surface area contributed by atoms with Crippen LogP contribution in [0.4, 0.5) is 13.2 Å². The average Bonchev–Trinajstić information content (AvgIpc) is 3.24. The third-order valence-corrected chi connectivity index (χ3v) is 5.71. The Hall–Kier alpha value is -3.26. The first-order chi connectivity index (χ1) is 15.9. The number of H-pyrrole nitrogens is 1. The zero-order valence-corrected chi connectivity index (χ0v) is 18.1. The standard InChI is InChI=1S/C25H26F3N3O2/c26-25(27,28)33-22-6-5-21-17-31(14-10-19(21)16-22)13-2-1-11-30-24(32)8-4-18-3-7-23-20(15-18)9-12-29-23/h3-9,12,15-16,29H,1-2,10-11,13-14,17H2,(H,30,32). The Morgan fingerprint density at radius 2 is 2.00 bits per heavy atom. The summed E-state index contributed by atoms with van der Waals surface area (Å²) < 4.78 is 41.2. The second-order valence-electron chi connectivity index (χ2n) is 8.16. The van der Waals surface area contributed by atoms with Crippen molar-refractivity contribution >= 4 is 22.9 Å². The Kier molecular flexibility index (Phi) is 7.03. The summed E-state index contributed by atoms with van der Waals surface area (Å²) in [6, 6.07) is 12.5. The molecule has 0 aliphatic carbocycles. The molecule has 0 unspecified atom stereocenters. The van der Waals surface area contributed by atoms with Crippen molar-refractivity contribution in [3.8, 4) is 5.75 Å². The van der Waals surface area contributed by atoms with Gasteiger partial charge in [-0.2, -0.15) is 0 Å². The van der Waals surface area contributed by atoms with Crippen LogP contribution in [0.1, 0.15) is 29.5 Å². The molecule has 33 heavy (non-hydrogen) atoms. The van der Waals surface area contributed by atoms with Crippen LogP contribution in [0.3, 0.4) is 0 Å². The van der Waals surface area contributed by atoms with Crippen molar-refractivity contribution in [3.05, 3.63) is 71.4 Å². The van der Waals surface area contributed by atoms with Crippen LogP contribution in [0, 0.1) is 0 Å². The maximum atomic E-state index is 12.4. The number of rotatable bonds is 8. The van der Waals surface area contributed by atoms with Gasteiger partial charge in [0.2, 0.25) is 5.91 Å². The molecule has 2 aromatic carbocycles. The Morgan fingerprint density at radius 1 is 1.12 bits per heavy atom. The zero-order valence-electron chi connectivity index (χ0n) is 18.1. The Bertz CT molecular complexity index is 1140. The highest BCUT2D eigenvalue weighted by atomic mass is 19.4. The van der Waals surface area contributed by atoms with E-state index in [2.05, 4.69) is 19.9 Å². The molecule has 0 atom stereocenters. The first kappa shape index (κ1) is 22.9. The van der Waals surface area contributed by atoms with Gasteiger partial charge >= 0.3 is 6.36 Å². The fourth-order valence-corrected chi connectivity index (χ4v) is 4.05. The fourth-order valence-electron chi connectivity index (χ4n) is 4.05. The number of benzene rings is 2. The molecule has 1 amide bonds. The lowest BCUT2D eigenvalue weighted by molar-refractivity contribution is -0.274. The number of nitrogens with zero attached hydrogens (tertiary/aromatic N) is 1. The van der Waals surface area contributed by atoms with Crippen LogP contribution in [0.5, 0.6) is 5.75 Å². The van der Waals surface area contributed by atoms with E-state index in [9.17, 15) is 18.0 Å². The van der Waals surface area contributed by atoms with Gasteiger partial charge in [0.25, 0.3) is 0 Å². The third-order valence-electron chi connectivity index (χ3n) is 5.71. The number of fused-ring (bicyclic) bond motifs is 2. The number of aromatic nitrogens is 1. The van der Waals surface area contributed by atoms with Crippen LogP contribution < -0.4 is 10.1 Å². The van der Waals surface area contributed by atoms with Crippen molar-refractivity contribution in [2.75, 3.05) is 19.6 Å². The molecule has 2 heterocycles. The van der Waals surface area contributed by atoms with Gasteiger partial charge in [0, 0.05) is 37.4 Å². The predicted octanol–water partition coefficient (Wildman–Crippen LogP) is 5.03. The number of carbonyl (C=O) groups excluding carboxylic acids is 1. The number of alkyl halides is 3. The van der Waals surface area contributed by atoms with Crippen molar-refractivity contribution < 1.29 is 22.7 Å². The van der Waals surface area contributed by atoms with Crippen molar-refractivity contribution in [1.82, 2.24) is 15.2 Å². The van der Waals surface area contributed by atoms with Gasteiger partial charge in [0.05, 0.1) is 0 Å². The summed E-state index contributed by atoms with van der Waals surface area (Å²) in [6.07, 6.45) is 3.05. The number of unbranched alkanes of at least 4 members (excludes halogenated alkanes) is 1. The third kappa shape index (κ3) is 6.61. The number of hydrogen-bond acceptors (Lipinski definition) is 3. The SMILES string of the molecule is O=C(C=Cc1ccc2[nH]ccc2c1)NCCCCN1CCc2cc(OC(F)(F)F)ccc2C1. The molecule has 0 saturated heterocycles. The van der Waals surface area contributed by atoms with E-state index < -0.39 is 6.36 Å². The van der Waals surface area contributed by atoms with E-state index in [-0.39, 0.29) is 11.7 Å². The minimum absolute atomic E-state index is 0.118. The Balaban J connectivity index is 1.15. The summed E-state index contributed by atoms with van der Waals surface area (Å²) in [4.78, 5) is 17.5. The van der Waals surface area contributed by atoms with Gasteiger partial charge in [0.1, 0.15) is 5.75 Å². The molecule has 0 fully saturated rings. The van der Waals surface area contributed by atoms with E-state index >= 15 is 0 Å². The monoisotopic (exact) mass is 457 g/mol. The van der Waals surface area contributed by atoms with Gasteiger partial charge in [-0.05, 0) is 84.3 Å². The molecular formula is C25H26F3N3O2. The van der Waals surface area contributed by atoms with E-state index in [0.717, 1.165) is 53.5 Å². The van der Waals surface area contributed by atoms with Crippen LogP contribution in [0.25, 0.3) is 17.0 Å². The van der Waals surface area contributed by atoms with E-state index in [1.165, 1.54) is 12.1 Å². The van der Waals surface area contributed by atoms with Crippen molar-refractivity contribution in [1.29, 1.82) is 0 Å². The van der Waals surface area contributed by atoms with Gasteiger partial charge in [-0.15, -0.1) is 13.2 Å². The summed E-state index contributed by atoms with van der Waals surface area (Å²) >= 11 is 0. The molecule has 1 aliphatic rings. The second-order valence-corrected chi connectivity index (χ2v) is 8.16. The summed E-state index contributed by atoms with van der Waals surface area (Å²) in [5, 5.41) is 4.01. The van der Waals surface area contributed by atoms with E-state index in [4.69, 9.17) is 0 Å². The molecule has 4 rings (SSSR count). The molecule has 8 heteroatoms. The minimum atomic E-state index is -4.67. The molecule has 2 N–H and O–H groups in total. The lowest BCUT2D eigenvalue weighted by Crippen LogP contribution is -2.32. The molecule has 174 valence electrons. The quantitative estimate of drug-likeness (QED) is 0.368. The van der Waals surface area contributed by atoms with Gasteiger partial charge in [-0.3, -0.25) is 9.69 Å². The number of ether oxygens (including phenoxy) is 1. The van der Waals surface area contributed by atoms with E-state index in [1.54, 1.807) is 18.2 Å². The minimum Gasteiger partial charge on any atom is -0.406 e. The highest BCUT2D eigenvalue weighted by molar-refractivity contribution is 5.92. The zero-order chi connectivity index (χ0) is 23.3. The largest absolute Gasteiger partial charge is 0.573 e. The molecule has 5 nitrogen and oxygen atoms in total. The molecule has 1 aromatic heterocycles. The van der Waals surface area contributed by atoms with Crippen molar-refractivity contribution in [2.24, 2.45) is 0 Å². The van der Waals surface area contributed by atoms with E-state index in [0.29, 0.717) is 19.5 Å². The van der Waals surface area contributed by atoms with E-state index in [1.807, 2.05) is 30.5 Å². The highest BCUT2D eigenvalue weighted by Crippen LogP contribution is 2.28. The summed E-state index contributed by atoms with van der Waals surface area (Å²) in [7, 11) is 0. The van der Waals surface area contributed by atoms with Crippen LogP contribution >= 0.6 is 0 Å². The first-order valence-corrected chi connectivity index (χ1v) is 11.0. The maximum absolute atomic E-state index is 12.4. The summed E-state index contributed by atoms with van der Waals surface area (Å²) in [6.45, 7) is 2.98. The molecule has 1 aliphatic heterocycles. The molecule has 3 aromatic rings. The number of halogens is 3. The van der Waals surface area contributed by atoms with Gasteiger partial charge in [-0.25, -0.2) is 0 Å². The number of carbonyl (C=O) groups is 1. The van der Waals surface area contributed by atoms with Crippen LogP contribution in [0.15, 0.2) is 54.7 Å². The lowest BCUT2D eigenvalue weighted by atomic mass is 9.99. The normalized spacial score (nSPS) is 14.5. The van der Waals surface area contributed by atoms with Crippen LogP contribution in [-0.4, -0.2) is 41.8 Å². The maximum Gasteiger partial charge on any atom is 0.573 e. The fraction of sp³-hybridized carbons (Fsp3) is 0.320. The summed E-state index contributed by atoms with van der Waals surface area (Å²) in [5.41, 5.74) is 3.98. The number of nitrogens with one attached hydrogen (secondary N) is 2. The number of hydrogen-bond donors (Lipinski definition) is 2. The molecular weight excluding hydrogens is 431 g/mol. The highest BCUT2D eigenvalue weighted by Gasteiger charge is 2.31. The van der Waals surface area contributed by atoms with Gasteiger partial charge < -0.3 is 15.0 Å². The van der Waals surface area contributed by atoms with Crippen LogP contribution in [0.2, 0.25) is 0 Å². The number of aromatic amines is 1. The van der Waals surface area contributed by atoms with Crippen molar-refractivity contribution in [2.45, 2.75) is 32.2 Å². The Morgan fingerprint density at radius 3 is 2.85 bits per heavy atom. The van der Waals surface area contributed by atoms with Gasteiger partial charge in [-0.1, -0.05) is 12.1 Å². The molecule has 0 saturated carbocycles. The molecule has 0 bridgehead atoms. The predicted molar refractivity (Wildman–Crippen MR) is 122 cm³/mol. The average molecular weight is 457 g/mol.